The Morgan fingerprint density at radius 2 is 2.23 bits per heavy atom. The first kappa shape index (κ1) is 17.9. The van der Waals surface area contributed by atoms with Crippen LogP contribution in [0.4, 0.5) is 0 Å². The van der Waals surface area contributed by atoms with E-state index in [1.807, 2.05) is 62.5 Å². The first-order valence-electron chi connectivity index (χ1n) is 7.35. The van der Waals surface area contributed by atoms with Crippen molar-refractivity contribution in [2.45, 2.75) is 19.5 Å². The fraction of sp³-hybridized carbons (Fsp3) is 0.467. The zero-order valence-electron chi connectivity index (χ0n) is 13.4. The molecule has 2 unspecified atom stereocenters. The van der Waals surface area contributed by atoms with Gasteiger partial charge >= 0.3 is 0 Å². The minimum atomic E-state index is -0.0306. The fourth-order valence-corrected chi connectivity index (χ4v) is 1.69. The van der Waals surface area contributed by atoms with Crippen LogP contribution < -0.4 is 4.90 Å². The van der Waals surface area contributed by atoms with Crippen LogP contribution in [0.1, 0.15) is 13.3 Å². The van der Waals surface area contributed by atoms with Crippen molar-refractivity contribution in [3.05, 3.63) is 36.6 Å². The van der Waals surface area contributed by atoms with Crippen molar-refractivity contribution in [2.24, 2.45) is 20.4 Å². The largest absolute Gasteiger partial charge is 0.395 e. The molecule has 1 rings (SSSR count). The van der Waals surface area contributed by atoms with E-state index in [2.05, 4.69) is 20.4 Å². The quantitative estimate of drug-likeness (QED) is 0.313. The summed E-state index contributed by atoms with van der Waals surface area (Å²) in [5.41, 5.74) is 0. The molecule has 2 atom stereocenters. The van der Waals surface area contributed by atoms with Gasteiger partial charge in [-0.1, -0.05) is 19.1 Å². The number of likely N-dealkylation sites (N-methyl/N-ethyl adjacent to an activating group) is 2. The lowest BCUT2D eigenvalue weighted by Gasteiger charge is -2.16. The minimum Gasteiger partial charge on any atom is -0.395 e. The summed E-state index contributed by atoms with van der Waals surface area (Å²) in [7, 11) is 3.86. The van der Waals surface area contributed by atoms with Crippen LogP contribution in [0.15, 0.2) is 57.0 Å². The SMILES string of the molecule is CC\C=C/C(=N\N=C\N=NC1C=CC=C[NH+]1C)N(C)CCO. The number of allylic oxidation sites excluding steroid dienone is 3. The number of amidine groups is 1. The number of rotatable bonds is 7. The third kappa shape index (κ3) is 6.55. The van der Waals surface area contributed by atoms with Crippen molar-refractivity contribution in [3.63, 3.8) is 0 Å². The predicted octanol–water partition coefficient (Wildman–Crippen LogP) is 0.595. The van der Waals surface area contributed by atoms with Crippen LogP contribution in [0.5, 0.6) is 0 Å². The second-order valence-corrected chi connectivity index (χ2v) is 4.81. The Bertz CT molecular complexity index is 492. The molecule has 1 aliphatic rings. The van der Waals surface area contributed by atoms with E-state index in [9.17, 15) is 0 Å². The van der Waals surface area contributed by atoms with Gasteiger partial charge in [-0.3, -0.25) is 4.90 Å². The number of quaternary nitrogens is 1. The van der Waals surface area contributed by atoms with E-state index < -0.39 is 0 Å². The maximum atomic E-state index is 8.98. The van der Waals surface area contributed by atoms with Gasteiger partial charge in [0.25, 0.3) is 0 Å². The van der Waals surface area contributed by atoms with Crippen LogP contribution >= 0.6 is 0 Å². The summed E-state index contributed by atoms with van der Waals surface area (Å²) in [6.07, 6.45) is 14.0. The molecule has 0 amide bonds. The van der Waals surface area contributed by atoms with Crippen LogP contribution in [-0.4, -0.2) is 55.6 Å². The number of aliphatic hydroxyl groups is 1. The molecule has 7 heteroatoms. The molecule has 0 aromatic carbocycles. The molecule has 0 aromatic heterocycles. The van der Waals surface area contributed by atoms with Crippen LogP contribution in [0, 0.1) is 0 Å². The molecule has 0 aromatic rings. The summed E-state index contributed by atoms with van der Waals surface area (Å²) in [5.74, 6) is 0.672. The molecule has 0 saturated carbocycles. The lowest BCUT2D eigenvalue weighted by atomic mass is 10.3. The molecule has 0 aliphatic carbocycles. The molecule has 120 valence electrons. The molecule has 1 aliphatic heterocycles. The van der Waals surface area contributed by atoms with Gasteiger partial charge in [0.05, 0.1) is 19.9 Å². The second-order valence-electron chi connectivity index (χ2n) is 4.81. The molecular formula is C15H25N6O+. The molecule has 7 nitrogen and oxygen atoms in total. The molecule has 0 fully saturated rings. The highest BCUT2D eigenvalue weighted by Crippen LogP contribution is 1.94. The molecular weight excluding hydrogens is 280 g/mol. The van der Waals surface area contributed by atoms with Gasteiger partial charge in [-0.15, -0.1) is 20.4 Å². The summed E-state index contributed by atoms with van der Waals surface area (Å²) in [5, 5.41) is 25.1. The Morgan fingerprint density at radius 1 is 1.41 bits per heavy atom. The Balaban J connectivity index is 2.62. The van der Waals surface area contributed by atoms with Crippen molar-refractivity contribution >= 4 is 12.2 Å². The summed E-state index contributed by atoms with van der Waals surface area (Å²) in [6, 6.07) is 0. The summed E-state index contributed by atoms with van der Waals surface area (Å²) in [6.45, 7) is 2.61. The number of azo groups is 1. The van der Waals surface area contributed by atoms with Crippen molar-refractivity contribution < 1.29 is 10.0 Å². The topological polar surface area (TPSA) is 77.3 Å². The van der Waals surface area contributed by atoms with E-state index in [0.29, 0.717) is 12.4 Å². The van der Waals surface area contributed by atoms with E-state index in [0.717, 1.165) is 11.3 Å². The Labute approximate surface area is 131 Å². The van der Waals surface area contributed by atoms with Crippen LogP contribution in [-0.2, 0) is 0 Å². The zero-order chi connectivity index (χ0) is 16.2. The average Bonchev–Trinajstić information content (AvgIpc) is 2.51. The highest BCUT2D eigenvalue weighted by molar-refractivity contribution is 5.92. The van der Waals surface area contributed by atoms with Crippen LogP contribution in [0.25, 0.3) is 0 Å². The van der Waals surface area contributed by atoms with E-state index in [-0.39, 0.29) is 12.8 Å². The van der Waals surface area contributed by atoms with Gasteiger partial charge in [0.2, 0.25) is 6.17 Å². The van der Waals surface area contributed by atoms with Gasteiger partial charge < -0.3 is 10.0 Å². The van der Waals surface area contributed by atoms with Gasteiger partial charge in [-0.25, -0.2) is 0 Å². The number of hydrogen-bond donors (Lipinski definition) is 2. The smallest absolute Gasteiger partial charge is 0.224 e. The molecule has 0 saturated heterocycles. The van der Waals surface area contributed by atoms with Crippen molar-refractivity contribution in [2.75, 3.05) is 27.2 Å². The highest BCUT2D eigenvalue weighted by Gasteiger charge is 2.12. The number of nitrogens with one attached hydrogen (secondary N) is 1. The Hall–Kier alpha value is -2.12. The van der Waals surface area contributed by atoms with Crippen molar-refractivity contribution in [1.29, 1.82) is 0 Å². The number of aliphatic hydroxyl groups excluding tert-OH is 1. The standard InChI is InChI=1S/C15H24N6O/c1-4-5-8-14(21(3)11-12-22)18-16-13-17-19-15-9-6-7-10-20(15)2/h5-10,13,15,22H,4,11-12H2,1-3H3/p+1/b8-5-,16-13+,18-14+,19-17?. The van der Waals surface area contributed by atoms with Gasteiger partial charge in [0.1, 0.15) is 0 Å². The average molecular weight is 305 g/mol. The lowest BCUT2D eigenvalue weighted by molar-refractivity contribution is -0.845. The van der Waals surface area contributed by atoms with Gasteiger partial charge in [-0.05, 0) is 24.6 Å². The minimum absolute atomic E-state index is 0.0306. The summed E-state index contributed by atoms with van der Waals surface area (Å²) < 4.78 is 0. The lowest BCUT2D eigenvalue weighted by Crippen LogP contribution is -3.08. The number of nitrogens with zero attached hydrogens (tertiary/aromatic N) is 5. The maximum absolute atomic E-state index is 8.98. The Morgan fingerprint density at radius 3 is 2.91 bits per heavy atom. The first-order chi connectivity index (χ1) is 10.7. The van der Waals surface area contributed by atoms with E-state index in [4.69, 9.17) is 5.11 Å². The summed E-state index contributed by atoms with van der Waals surface area (Å²) in [4.78, 5) is 2.96. The molecule has 0 bridgehead atoms. The zero-order valence-corrected chi connectivity index (χ0v) is 13.4. The monoisotopic (exact) mass is 305 g/mol. The Kier molecular flexibility index (Phi) is 8.63. The van der Waals surface area contributed by atoms with Crippen LogP contribution in [0.3, 0.4) is 0 Å². The molecule has 1 heterocycles. The molecule has 0 spiro atoms. The molecule has 2 N–H and O–H groups in total. The fourth-order valence-electron chi connectivity index (χ4n) is 1.69. The normalized spacial score (nSPS) is 22.5. The summed E-state index contributed by atoms with van der Waals surface area (Å²) >= 11 is 0. The number of hydrogen-bond acceptors (Lipinski definition) is 4. The predicted molar refractivity (Wildman–Crippen MR) is 88.9 cm³/mol. The van der Waals surface area contributed by atoms with Gasteiger partial charge in [0.15, 0.2) is 12.2 Å². The van der Waals surface area contributed by atoms with Crippen molar-refractivity contribution in [3.8, 4) is 0 Å². The highest BCUT2D eigenvalue weighted by atomic mass is 16.3. The first-order valence-corrected chi connectivity index (χ1v) is 7.35. The second kappa shape index (κ2) is 10.6. The van der Waals surface area contributed by atoms with E-state index in [1.165, 1.54) is 6.34 Å². The van der Waals surface area contributed by atoms with Gasteiger partial charge in [-0.2, -0.15) is 0 Å². The molecule has 0 radical (unpaired) electrons. The van der Waals surface area contributed by atoms with E-state index in [1.54, 1.807) is 0 Å². The maximum Gasteiger partial charge on any atom is 0.224 e. The third-order valence-corrected chi connectivity index (χ3v) is 3.01. The third-order valence-electron chi connectivity index (χ3n) is 3.01. The van der Waals surface area contributed by atoms with Crippen LogP contribution in [0.2, 0.25) is 0 Å². The van der Waals surface area contributed by atoms with E-state index >= 15 is 0 Å². The van der Waals surface area contributed by atoms with Gasteiger partial charge in [0, 0.05) is 13.6 Å². The van der Waals surface area contributed by atoms with Crippen molar-refractivity contribution in [1.82, 2.24) is 4.90 Å². The molecule has 22 heavy (non-hydrogen) atoms.